The molecule has 2 rings (SSSR count). The van der Waals surface area contributed by atoms with E-state index in [0.29, 0.717) is 5.92 Å². The Bertz CT molecular complexity index is 367. The van der Waals surface area contributed by atoms with Crippen LogP contribution in [0.3, 0.4) is 0 Å². The molecule has 0 unspecified atom stereocenters. The van der Waals surface area contributed by atoms with Crippen molar-refractivity contribution in [3.05, 3.63) is 34.3 Å². The van der Waals surface area contributed by atoms with Crippen molar-refractivity contribution in [3.8, 4) is 0 Å². The first-order valence-electron chi connectivity index (χ1n) is 5.59. The third-order valence-electron chi connectivity index (χ3n) is 3.45. The SMILES string of the molecule is CC(C)c1ccc(Cl)cc1C1(CN)CC1. The molecule has 0 saturated heterocycles. The van der Waals surface area contributed by atoms with Crippen molar-refractivity contribution in [1.82, 2.24) is 0 Å². The summed E-state index contributed by atoms with van der Waals surface area (Å²) in [4.78, 5) is 0. The van der Waals surface area contributed by atoms with Gasteiger partial charge in [0.05, 0.1) is 0 Å². The van der Waals surface area contributed by atoms with E-state index >= 15 is 0 Å². The van der Waals surface area contributed by atoms with Crippen LogP contribution in [0.4, 0.5) is 0 Å². The molecule has 1 aliphatic carbocycles. The van der Waals surface area contributed by atoms with Gasteiger partial charge in [0.2, 0.25) is 0 Å². The molecule has 1 aliphatic rings. The van der Waals surface area contributed by atoms with Gasteiger partial charge in [0, 0.05) is 17.0 Å². The minimum atomic E-state index is 0.241. The van der Waals surface area contributed by atoms with Crippen LogP contribution in [0, 0.1) is 0 Å². The topological polar surface area (TPSA) is 26.0 Å². The van der Waals surface area contributed by atoms with Crippen LogP contribution in [0.15, 0.2) is 18.2 Å². The Morgan fingerprint density at radius 3 is 2.53 bits per heavy atom. The lowest BCUT2D eigenvalue weighted by molar-refractivity contribution is 0.681. The predicted octanol–water partition coefficient (Wildman–Crippen LogP) is 3.45. The van der Waals surface area contributed by atoms with Crippen molar-refractivity contribution in [2.75, 3.05) is 6.54 Å². The molecule has 0 radical (unpaired) electrons. The number of nitrogens with two attached hydrogens (primary N) is 1. The smallest absolute Gasteiger partial charge is 0.0409 e. The molecule has 1 saturated carbocycles. The zero-order chi connectivity index (χ0) is 11.1. The second kappa shape index (κ2) is 3.80. The van der Waals surface area contributed by atoms with Crippen molar-refractivity contribution < 1.29 is 0 Å². The first kappa shape index (κ1) is 11.0. The fourth-order valence-electron chi connectivity index (χ4n) is 2.23. The first-order chi connectivity index (χ1) is 7.09. The highest BCUT2D eigenvalue weighted by molar-refractivity contribution is 6.30. The van der Waals surface area contributed by atoms with E-state index in [1.54, 1.807) is 0 Å². The summed E-state index contributed by atoms with van der Waals surface area (Å²) < 4.78 is 0. The van der Waals surface area contributed by atoms with Crippen molar-refractivity contribution in [1.29, 1.82) is 0 Å². The summed E-state index contributed by atoms with van der Waals surface area (Å²) in [6.07, 6.45) is 2.42. The molecule has 0 aromatic heterocycles. The van der Waals surface area contributed by atoms with Gasteiger partial charge in [0.15, 0.2) is 0 Å². The summed E-state index contributed by atoms with van der Waals surface area (Å²) in [5.74, 6) is 0.543. The molecule has 0 spiro atoms. The highest BCUT2D eigenvalue weighted by atomic mass is 35.5. The van der Waals surface area contributed by atoms with Crippen molar-refractivity contribution >= 4 is 11.6 Å². The maximum absolute atomic E-state index is 6.07. The number of benzene rings is 1. The van der Waals surface area contributed by atoms with E-state index in [0.717, 1.165) is 11.6 Å². The summed E-state index contributed by atoms with van der Waals surface area (Å²) >= 11 is 6.07. The second-order valence-corrected chi connectivity index (χ2v) is 5.31. The Morgan fingerprint density at radius 1 is 1.40 bits per heavy atom. The summed E-state index contributed by atoms with van der Waals surface area (Å²) in [5.41, 5.74) is 8.90. The normalized spacial score (nSPS) is 18.2. The largest absolute Gasteiger partial charge is 0.330 e. The van der Waals surface area contributed by atoms with Gasteiger partial charge in [-0.25, -0.2) is 0 Å². The Balaban J connectivity index is 2.48. The Hall–Kier alpha value is -0.530. The maximum atomic E-state index is 6.07. The molecule has 0 bridgehead atoms. The van der Waals surface area contributed by atoms with E-state index in [2.05, 4.69) is 26.0 Å². The van der Waals surface area contributed by atoms with Crippen LogP contribution >= 0.6 is 11.6 Å². The Kier molecular flexibility index (Phi) is 2.78. The van der Waals surface area contributed by atoms with Gasteiger partial charge >= 0.3 is 0 Å². The number of hydrogen-bond acceptors (Lipinski definition) is 1. The van der Waals surface area contributed by atoms with Gasteiger partial charge in [0.25, 0.3) is 0 Å². The quantitative estimate of drug-likeness (QED) is 0.835. The van der Waals surface area contributed by atoms with Crippen LogP contribution in [-0.4, -0.2) is 6.54 Å². The summed E-state index contributed by atoms with van der Waals surface area (Å²) in [6, 6.07) is 6.24. The van der Waals surface area contributed by atoms with Gasteiger partial charge in [-0.3, -0.25) is 0 Å². The molecule has 1 aromatic rings. The molecule has 2 heteroatoms. The standard InChI is InChI=1S/C13H18ClN/c1-9(2)11-4-3-10(14)7-12(11)13(8-15)5-6-13/h3-4,7,9H,5-6,8,15H2,1-2H3. The first-order valence-corrected chi connectivity index (χ1v) is 5.97. The highest BCUT2D eigenvalue weighted by Gasteiger charge is 2.44. The summed E-state index contributed by atoms with van der Waals surface area (Å²) in [7, 11) is 0. The van der Waals surface area contributed by atoms with E-state index in [-0.39, 0.29) is 5.41 Å². The van der Waals surface area contributed by atoms with E-state index < -0.39 is 0 Å². The van der Waals surface area contributed by atoms with Crippen LogP contribution in [0.1, 0.15) is 43.7 Å². The average Bonchev–Trinajstić information content (AvgIpc) is 2.97. The Morgan fingerprint density at radius 2 is 2.07 bits per heavy atom. The van der Waals surface area contributed by atoms with Gasteiger partial charge in [-0.2, -0.15) is 0 Å². The van der Waals surface area contributed by atoms with Crippen molar-refractivity contribution in [2.24, 2.45) is 5.73 Å². The molecule has 1 nitrogen and oxygen atoms in total. The van der Waals surface area contributed by atoms with Crippen LogP contribution in [-0.2, 0) is 5.41 Å². The molecule has 1 aromatic carbocycles. The van der Waals surface area contributed by atoms with Gasteiger partial charge in [-0.05, 0) is 42.0 Å². The Labute approximate surface area is 96.6 Å². The molecule has 0 amide bonds. The van der Waals surface area contributed by atoms with Gasteiger partial charge in [-0.1, -0.05) is 31.5 Å². The fourth-order valence-corrected chi connectivity index (χ4v) is 2.40. The van der Waals surface area contributed by atoms with Crippen LogP contribution in [0.5, 0.6) is 0 Å². The maximum Gasteiger partial charge on any atom is 0.0409 e. The minimum Gasteiger partial charge on any atom is -0.330 e. The van der Waals surface area contributed by atoms with Gasteiger partial charge in [0.1, 0.15) is 0 Å². The highest BCUT2D eigenvalue weighted by Crippen LogP contribution is 2.50. The van der Waals surface area contributed by atoms with Crippen LogP contribution in [0.25, 0.3) is 0 Å². The second-order valence-electron chi connectivity index (χ2n) is 4.87. The lowest BCUT2D eigenvalue weighted by Crippen LogP contribution is -2.21. The molecule has 0 heterocycles. The number of rotatable bonds is 3. The molecule has 82 valence electrons. The van der Waals surface area contributed by atoms with Crippen LogP contribution < -0.4 is 5.73 Å². The lowest BCUT2D eigenvalue weighted by atomic mass is 9.87. The van der Waals surface area contributed by atoms with E-state index in [1.165, 1.54) is 24.0 Å². The summed E-state index contributed by atoms with van der Waals surface area (Å²) in [5, 5.41) is 0.828. The summed E-state index contributed by atoms with van der Waals surface area (Å²) in [6.45, 7) is 5.19. The van der Waals surface area contributed by atoms with Gasteiger partial charge < -0.3 is 5.73 Å². The fraction of sp³-hybridized carbons (Fsp3) is 0.538. The van der Waals surface area contributed by atoms with Crippen molar-refractivity contribution in [3.63, 3.8) is 0 Å². The molecular formula is C13H18ClN. The van der Waals surface area contributed by atoms with Crippen molar-refractivity contribution in [2.45, 2.75) is 38.0 Å². The molecule has 0 aliphatic heterocycles. The monoisotopic (exact) mass is 223 g/mol. The predicted molar refractivity (Wildman–Crippen MR) is 65.5 cm³/mol. The van der Waals surface area contributed by atoms with Crippen LogP contribution in [0.2, 0.25) is 5.02 Å². The van der Waals surface area contributed by atoms with Gasteiger partial charge in [-0.15, -0.1) is 0 Å². The molecule has 0 atom stereocenters. The lowest BCUT2D eigenvalue weighted by Gasteiger charge is -2.20. The number of halogens is 1. The zero-order valence-electron chi connectivity index (χ0n) is 9.39. The molecule has 15 heavy (non-hydrogen) atoms. The molecule has 1 fully saturated rings. The van der Waals surface area contributed by atoms with E-state index in [4.69, 9.17) is 17.3 Å². The third-order valence-corrected chi connectivity index (χ3v) is 3.69. The minimum absolute atomic E-state index is 0.241. The zero-order valence-corrected chi connectivity index (χ0v) is 10.1. The third kappa shape index (κ3) is 1.91. The van der Waals surface area contributed by atoms with E-state index in [9.17, 15) is 0 Å². The number of hydrogen-bond donors (Lipinski definition) is 1. The average molecular weight is 224 g/mol. The molecular weight excluding hydrogens is 206 g/mol. The molecule has 2 N–H and O–H groups in total. The van der Waals surface area contributed by atoms with E-state index in [1.807, 2.05) is 6.07 Å².